The Morgan fingerprint density at radius 1 is 1.33 bits per heavy atom. The number of hydrogen-bond donors (Lipinski definition) is 1. The topological polar surface area (TPSA) is 50.2 Å². The Labute approximate surface area is 139 Å². The van der Waals surface area contributed by atoms with Crippen molar-refractivity contribution in [1.82, 2.24) is 20.0 Å². The summed E-state index contributed by atoms with van der Waals surface area (Å²) in [6, 6.07) is -0.0249. The van der Waals surface area contributed by atoms with Crippen LogP contribution in [0, 0.1) is 5.92 Å². The van der Waals surface area contributed by atoms with Gasteiger partial charge in [0.05, 0.1) is 18.3 Å². The van der Waals surface area contributed by atoms with Crippen LogP contribution in [0.5, 0.6) is 0 Å². The van der Waals surface area contributed by atoms with E-state index in [2.05, 4.69) is 10.4 Å². The zero-order valence-corrected chi connectivity index (χ0v) is 13.8. The average molecular weight is 344 g/mol. The summed E-state index contributed by atoms with van der Waals surface area (Å²) in [5.74, 6) is -0.236. The van der Waals surface area contributed by atoms with Gasteiger partial charge in [0.1, 0.15) is 0 Å². The molecule has 1 atom stereocenters. The number of rotatable bonds is 3. The van der Waals surface area contributed by atoms with Gasteiger partial charge < -0.3 is 5.32 Å². The van der Waals surface area contributed by atoms with Crippen molar-refractivity contribution in [2.75, 3.05) is 19.6 Å². The van der Waals surface area contributed by atoms with Crippen molar-refractivity contribution in [2.45, 2.75) is 44.3 Å². The molecule has 2 aliphatic rings. The van der Waals surface area contributed by atoms with Gasteiger partial charge in [0.25, 0.3) is 0 Å². The number of hydrogen-bond acceptors (Lipinski definition) is 3. The highest BCUT2D eigenvalue weighted by Crippen LogP contribution is 2.30. The molecule has 8 heteroatoms. The lowest BCUT2D eigenvalue weighted by Gasteiger charge is -2.33. The Morgan fingerprint density at radius 2 is 2.04 bits per heavy atom. The maximum absolute atomic E-state index is 12.5. The maximum atomic E-state index is 12.5. The SMILES string of the molecule is Cn1cc2c(n1)CCCC2NC(=O)C1CCN(CC(F)(F)F)CC1. The first-order valence-corrected chi connectivity index (χ1v) is 8.44. The summed E-state index contributed by atoms with van der Waals surface area (Å²) in [6.45, 7) is -0.246. The van der Waals surface area contributed by atoms with Crippen LogP contribution >= 0.6 is 0 Å². The minimum Gasteiger partial charge on any atom is -0.349 e. The second-order valence-electron chi connectivity index (χ2n) is 6.82. The molecule has 1 N–H and O–H groups in total. The van der Waals surface area contributed by atoms with Gasteiger partial charge in [-0.25, -0.2) is 0 Å². The summed E-state index contributed by atoms with van der Waals surface area (Å²) in [7, 11) is 1.87. The number of halogens is 3. The fourth-order valence-corrected chi connectivity index (χ4v) is 3.71. The number of fused-ring (bicyclic) bond motifs is 1. The Bertz CT molecular complexity index is 591. The van der Waals surface area contributed by atoms with Gasteiger partial charge in [0.15, 0.2) is 0 Å². The van der Waals surface area contributed by atoms with Crippen LogP contribution in [-0.2, 0) is 18.3 Å². The second-order valence-corrected chi connectivity index (χ2v) is 6.82. The van der Waals surface area contributed by atoms with Crippen molar-refractivity contribution in [3.63, 3.8) is 0 Å². The first-order valence-electron chi connectivity index (χ1n) is 8.44. The monoisotopic (exact) mass is 344 g/mol. The molecule has 24 heavy (non-hydrogen) atoms. The van der Waals surface area contributed by atoms with E-state index in [0.717, 1.165) is 30.5 Å². The smallest absolute Gasteiger partial charge is 0.349 e. The lowest BCUT2D eigenvalue weighted by atomic mass is 9.91. The standard InChI is InChI=1S/C16H23F3N4O/c1-22-9-12-13(3-2-4-14(12)21-22)20-15(24)11-5-7-23(8-6-11)10-16(17,18)19/h9,11,13H,2-8,10H2,1H3,(H,20,24). The van der Waals surface area contributed by atoms with E-state index in [9.17, 15) is 18.0 Å². The third-order valence-electron chi connectivity index (χ3n) is 4.90. The highest BCUT2D eigenvalue weighted by atomic mass is 19.4. The molecule has 0 bridgehead atoms. The van der Waals surface area contributed by atoms with Gasteiger partial charge >= 0.3 is 6.18 Å². The van der Waals surface area contributed by atoms with E-state index < -0.39 is 12.7 Å². The van der Waals surface area contributed by atoms with E-state index in [-0.39, 0.29) is 17.9 Å². The van der Waals surface area contributed by atoms with Gasteiger partial charge in [0, 0.05) is 24.7 Å². The number of amides is 1. The van der Waals surface area contributed by atoms with Crippen LogP contribution in [0.2, 0.25) is 0 Å². The Hall–Kier alpha value is -1.57. The largest absolute Gasteiger partial charge is 0.401 e. The van der Waals surface area contributed by atoms with Gasteiger partial charge in [0.2, 0.25) is 5.91 Å². The summed E-state index contributed by atoms with van der Waals surface area (Å²) in [5, 5.41) is 7.51. The zero-order chi connectivity index (χ0) is 17.3. The quantitative estimate of drug-likeness (QED) is 0.914. The molecule has 2 heterocycles. The molecule has 1 aromatic rings. The summed E-state index contributed by atoms with van der Waals surface area (Å²) >= 11 is 0. The molecule has 1 unspecified atom stereocenters. The van der Waals surface area contributed by atoms with E-state index in [1.807, 2.05) is 13.2 Å². The molecule has 0 spiro atoms. The van der Waals surface area contributed by atoms with Crippen LogP contribution in [0.3, 0.4) is 0 Å². The third kappa shape index (κ3) is 4.09. The molecule has 1 aromatic heterocycles. The molecule has 1 fully saturated rings. The minimum atomic E-state index is -4.17. The lowest BCUT2D eigenvalue weighted by Crippen LogP contribution is -2.44. The van der Waals surface area contributed by atoms with E-state index >= 15 is 0 Å². The molecule has 0 aromatic carbocycles. The van der Waals surface area contributed by atoms with Crippen molar-refractivity contribution in [3.8, 4) is 0 Å². The summed E-state index contributed by atoms with van der Waals surface area (Å²) in [4.78, 5) is 13.9. The van der Waals surface area contributed by atoms with Crippen LogP contribution in [0.15, 0.2) is 6.20 Å². The average Bonchev–Trinajstić information content (AvgIpc) is 2.87. The first kappa shape index (κ1) is 17.3. The normalized spacial score (nSPS) is 23.1. The van der Waals surface area contributed by atoms with Crippen molar-refractivity contribution in [3.05, 3.63) is 17.5 Å². The van der Waals surface area contributed by atoms with Crippen molar-refractivity contribution < 1.29 is 18.0 Å². The predicted molar refractivity (Wildman–Crippen MR) is 82.2 cm³/mol. The maximum Gasteiger partial charge on any atom is 0.401 e. The number of nitrogens with one attached hydrogen (secondary N) is 1. The number of carbonyl (C=O) groups is 1. The van der Waals surface area contributed by atoms with Gasteiger partial charge in [-0.2, -0.15) is 18.3 Å². The molecule has 1 aliphatic heterocycles. The molecule has 0 saturated carbocycles. The van der Waals surface area contributed by atoms with E-state index in [0.29, 0.717) is 25.9 Å². The molecule has 1 saturated heterocycles. The highest BCUT2D eigenvalue weighted by molar-refractivity contribution is 5.79. The molecular weight excluding hydrogens is 321 g/mol. The van der Waals surface area contributed by atoms with E-state index in [1.165, 1.54) is 4.90 Å². The van der Waals surface area contributed by atoms with Crippen LogP contribution in [0.4, 0.5) is 13.2 Å². The molecule has 3 rings (SSSR count). The number of alkyl halides is 3. The number of likely N-dealkylation sites (tertiary alicyclic amines) is 1. The summed E-state index contributed by atoms with van der Waals surface area (Å²) in [5.41, 5.74) is 2.11. The molecule has 134 valence electrons. The minimum absolute atomic E-state index is 0.0249. The third-order valence-corrected chi connectivity index (χ3v) is 4.90. The Morgan fingerprint density at radius 3 is 2.71 bits per heavy atom. The van der Waals surface area contributed by atoms with E-state index in [4.69, 9.17) is 0 Å². The van der Waals surface area contributed by atoms with Gasteiger partial charge in [-0.15, -0.1) is 0 Å². The zero-order valence-electron chi connectivity index (χ0n) is 13.8. The van der Waals surface area contributed by atoms with Crippen molar-refractivity contribution >= 4 is 5.91 Å². The number of piperidine rings is 1. The van der Waals surface area contributed by atoms with Crippen LogP contribution in [0.25, 0.3) is 0 Å². The van der Waals surface area contributed by atoms with Crippen molar-refractivity contribution in [1.29, 1.82) is 0 Å². The van der Waals surface area contributed by atoms with Gasteiger partial charge in [-0.05, 0) is 45.2 Å². The predicted octanol–water partition coefficient (Wildman–Crippen LogP) is 2.19. The summed E-state index contributed by atoms with van der Waals surface area (Å²) < 4.78 is 39.0. The number of carbonyl (C=O) groups excluding carboxylic acids is 1. The van der Waals surface area contributed by atoms with Gasteiger partial charge in [-0.1, -0.05) is 0 Å². The number of aromatic nitrogens is 2. The van der Waals surface area contributed by atoms with Crippen molar-refractivity contribution in [2.24, 2.45) is 13.0 Å². The first-order chi connectivity index (χ1) is 11.3. The fraction of sp³-hybridized carbons (Fsp3) is 0.750. The van der Waals surface area contributed by atoms with Crippen LogP contribution < -0.4 is 5.32 Å². The molecule has 5 nitrogen and oxygen atoms in total. The van der Waals surface area contributed by atoms with E-state index in [1.54, 1.807) is 4.68 Å². The van der Waals surface area contributed by atoms with Crippen LogP contribution in [0.1, 0.15) is 43.0 Å². The molecular formula is C16H23F3N4O. The van der Waals surface area contributed by atoms with Gasteiger partial charge in [-0.3, -0.25) is 14.4 Å². The second kappa shape index (κ2) is 6.74. The summed E-state index contributed by atoms with van der Waals surface area (Å²) in [6.07, 6.45) is 1.54. The Balaban J connectivity index is 1.54. The fourth-order valence-electron chi connectivity index (χ4n) is 3.71. The number of nitrogens with zero attached hydrogens (tertiary/aromatic N) is 3. The lowest BCUT2D eigenvalue weighted by molar-refractivity contribution is -0.149. The molecule has 0 radical (unpaired) electrons. The molecule has 1 amide bonds. The highest BCUT2D eigenvalue weighted by Gasteiger charge is 2.34. The van der Waals surface area contributed by atoms with Crippen LogP contribution in [-0.4, -0.2) is 46.4 Å². The number of aryl methyl sites for hydroxylation is 2. The Kier molecular flexibility index (Phi) is 4.85. The molecule has 1 aliphatic carbocycles.